The van der Waals surface area contributed by atoms with E-state index in [1.807, 2.05) is 0 Å². The minimum atomic E-state index is 1.21. The first kappa shape index (κ1) is 15.0. The molecule has 1 aromatic carbocycles. The van der Waals surface area contributed by atoms with Crippen LogP contribution < -0.4 is 0 Å². The van der Waals surface area contributed by atoms with Crippen LogP contribution in [0.25, 0.3) is 5.57 Å². The Hall–Kier alpha value is -1.04. The summed E-state index contributed by atoms with van der Waals surface area (Å²) >= 11 is 0. The number of hydrogen-bond acceptors (Lipinski definition) is 0. The highest BCUT2D eigenvalue weighted by atomic mass is 14.1. The summed E-state index contributed by atoms with van der Waals surface area (Å²) in [5.74, 6) is 0. The summed E-state index contributed by atoms with van der Waals surface area (Å²) in [6.07, 6.45) is 9.79. The van der Waals surface area contributed by atoms with Crippen LogP contribution in [0.5, 0.6) is 0 Å². The van der Waals surface area contributed by atoms with Gasteiger partial charge in [-0.3, -0.25) is 0 Å². The molecule has 0 bridgehead atoms. The van der Waals surface area contributed by atoms with Crippen molar-refractivity contribution in [2.45, 2.75) is 66.2 Å². The van der Waals surface area contributed by atoms with Gasteiger partial charge < -0.3 is 0 Å². The van der Waals surface area contributed by atoms with Crippen LogP contribution in [0.2, 0.25) is 0 Å². The summed E-state index contributed by atoms with van der Waals surface area (Å²) in [7, 11) is 0. The molecule has 0 radical (unpaired) electrons. The molecule has 0 aliphatic heterocycles. The fourth-order valence-electron chi connectivity index (χ4n) is 2.27. The number of benzene rings is 1. The maximum absolute atomic E-state index is 2.41. The normalized spacial score (nSPS) is 11.9. The number of hydrogen-bond donors (Lipinski definition) is 0. The van der Waals surface area contributed by atoms with E-state index in [0.29, 0.717) is 0 Å². The van der Waals surface area contributed by atoms with E-state index in [1.165, 1.54) is 60.8 Å². The van der Waals surface area contributed by atoms with Gasteiger partial charge in [0, 0.05) is 0 Å². The van der Waals surface area contributed by atoms with Crippen molar-refractivity contribution in [1.82, 2.24) is 0 Å². The lowest BCUT2D eigenvalue weighted by atomic mass is 9.93. The molecule has 0 aliphatic carbocycles. The molecule has 0 aliphatic rings. The zero-order valence-electron chi connectivity index (χ0n) is 12.6. The minimum Gasteiger partial charge on any atom is -0.0841 e. The predicted molar refractivity (Wildman–Crippen MR) is 83.0 cm³/mol. The Kier molecular flexibility index (Phi) is 6.78. The Bertz CT molecular complexity index is 385. The lowest BCUT2D eigenvalue weighted by molar-refractivity contribution is 0.784. The van der Waals surface area contributed by atoms with Gasteiger partial charge in [-0.15, -0.1) is 0 Å². The molecular weight excluding hydrogens is 216 g/mol. The Labute approximate surface area is 113 Å². The van der Waals surface area contributed by atoms with Crippen LogP contribution in [0.15, 0.2) is 24.3 Å². The smallest absolute Gasteiger partial charge is 0.0196 e. The molecule has 0 heteroatoms. The molecule has 0 aromatic heterocycles. The summed E-state index contributed by atoms with van der Waals surface area (Å²) in [6.45, 7) is 8.89. The second kappa shape index (κ2) is 8.13. The molecule has 0 atom stereocenters. The van der Waals surface area contributed by atoms with Crippen LogP contribution in [0.3, 0.4) is 0 Å². The van der Waals surface area contributed by atoms with E-state index in [4.69, 9.17) is 0 Å². The molecule has 0 nitrogen and oxygen atoms in total. The Morgan fingerprint density at radius 2 is 1.72 bits per heavy atom. The van der Waals surface area contributed by atoms with Gasteiger partial charge >= 0.3 is 0 Å². The van der Waals surface area contributed by atoms with Gasteiger partial charge in [-0.2, -0.15) is 0 Å². The van der Waals surface area contributed by atoms with Gasteiger partial charge in [0.25, 0.3) is 0 Å². The summed E-state index contributed by atoms with van der Waals surface area (Å²) in [5, 5.41) is 0. The highest BCUT2D eigenvalue weighted by Crippen LogP contribution is 2.23. The van der Waals surface area contributed by atoms with E-state index in [9.17, 15) is 0 Å². The SMILES string of the molecule is C/C=C(/C)c1cc(CCCC)ccc1CCCC. The molecule has 0 spiro atoms. The van der Waals surface area contributed by atoms with Gasteiger partial charge in [-0.05, 0) is 61.8 Å². The van der Waals surface area contributed by atoms with Crippen molar-refractivity contribution in [1.29, 1.82) is 0 Å². The molecule has 1 rings (SSSR count). The topological polar surface area (TPSA) is 0 Å². The first-order valence-corrected chi connectivity index (χ1v) is 7.48. The van der Waals surface area contributed by atoms with E-state index in [0.717, 1.165) is 0 Å². The molecule has 0 N–H and O–H groups in total. The first-order chi connectivity index (χ1) is 8.72. The quantitative estimate of drug-likeness (QED) is 0.569. The molecule has 0 fully saturated rings. The molecule has 0 unspecified atom stereocenters. The number of unbranched alkanes of at least 4 members (excludes halogenated alkanes) is 2. The summed E-state index contributed by atoms with van der Waals surface area (Å²) in [5.41, 5.74) is 5.90. The zero-order chi connectivity index (χ0) is 13.4. The van der Waals surface area contributed by atoms with Crippen LogP contribution in [0.1, 0.15) is 70.1 Å². The predicted octanol–water partition coefficient (Wildman–Crippen LogP) is 5.80. The largest absolute Gasteiger partial charge is 0.0841 e. The molecule has 18 heavy (non-hydrogen) atoms. The maximum Gasteiger partial charge on any atom is -0.0196 e. The van der Waals surface area contributed by atoms with Gasteiger partial charge in [0.1, 0.15) is 0 Å². The fourth-order valence-corrected chi connectivity index (χ4v) is 2.27. The van der Waals surface area contributed by atoms with Gasteiger partial charge in [0.2, 0.25) is 0 Å². The van der Waals surface area contributed by atoms with Crippen molar-refractivity contribution < 1.29 is 0 Å². The second-order valence-corrected chi connectivity index (χ2v) is 5.17. The molecule has 0 amide bonds. The highest BCUT2D eigenvalue weighted by molar-refractivity contribution is 5.67. The van der Waals surface area contributed by atoms with Gasteiger partial charge in [0.05, 0.1) is 0 Å². The number of aryl methyl sites for hydroxylation is 2. The highest BCUT2D eigenvalue weighted by Gasteiger charge is 2.05. The molecule has 0 saturated heterocycles. The van der Waals surface area contributed by atoms with Crippen molar-refractivity contribution in [3.8, 4) is 0 Å². The third-order valence-corrected chi connectivity index (χ3v) is 3.65. The minimum absolute atomic E-state index is 1.21. The van der Waals surface area contributed by atoms with Crippen molar-refractivity contribution in [3.63, 3.8) is 0 Å². The zero-order valence-corrected chi connectivity index (χ0v) is 12.6. The monoisotopic (exact) mass is 244 g/mol. The van der Waals surface area contributed by atoms with E-state index in [2.05, 4.69) is 52.0 Å². The third kappa shape index (κ3) is 4.33. The standard InChI is InChI=1S/C18H28/c1-5-8-10-16-12-13-17(11-9-6-2)18(14-16)15(4)7-3/h7,12-14H,5-6,8-11H2,1-4H3/b15-7-. The van der Waals surface area contributed by atoms with Gasteiger partial charge in [-0.1, -0.05) is 51.0 Å². The van der Waals surface area contributed by atoms with E-state index >= 15 is 0 Å². The summed E-state index contributed by atoms with van der Waals surface area (Å²) in [4.78, 5) is 0. The maximum atomic E-state index is 2.41. The lowest BCUT2D eigenvalue weighted by Crippen LogP contribution is -1.95. The Morgan fingerprint density at radius 1 is 1.06 bits per heavy atom. The molecule has 0 heterocycles. The Balaban J connectivity index is 2.96. The first-order valence-electron chi connectivity index (χ1n) is 7.48. The van der Waals surface area contributed by atoms with Crippen molar-refractivity contribution in [2.24, 2.45) is 0 Å². The fraction of sp³-hybridized carbons (Fsp3) is 0.556. The van der Waals surface area contributed by atoms with Crippen LogP contribution in [0.4, 0.5) is 0 Å². The Morgan fingerprint density at radius 3 is 2.33 bits per heavy atom. The lowest BCUT2D eigenvalue weighted by Gasteiger charge is -2.12. The van der Waals surface area contributed by atoms with Crippen LogP contribution in [-0.2, 0) is 12.8 Å². The summed E-state index contributed by atoms with van der Waals surface area (Å²) < 4.78 is 0. The van der Waals surface area contributed by atoms with Gasteiger partial charge in [-0.25, -0.2) is 0 Å². The number of allylic oxidation sites excluding steroid dienone is 2. The number of rotatable bonds is 7. The van der Waals surface area contributed by atoms with Gasteiger partial charge in [0.15, 0.2) is 0 Å². The molecule has 100 valence electrons. The average molecular weight is 244 g/mol. The third-order valence-electron chi connectivity index (χ3n) is 3.65. The van der Waals surface area contributed by atoms with Crippen LogP contribution in [0, 0.1) is 0 Å². The van der Waals surface area contributed by atoms with E-state index < -0.39 is 0 Å². The van der Waals surface area contributed by atoms with E-state index in [-0.39, 0.29) is 0 Å². The summed E-state index contributed by atoms with van der Waals surface area (Å²) in [6, 6.07) is 7.09. The van der Waals surface area contributed by atoms with Crippen LogP contribution >= 0.6 is 0 Å². The van der Waals surface area contributed by atoms with Crippen molar-refractivity contribution >= 4 is 5.57 Å². The van der Waals surface area contributed by atoms with E-state index in [1.54, 1.807) is 0 Å². The molecule has 1 aromatic rings. The van der Waals surface area contributed by atoms with Crippen molar-refractivity contribution in [2.75, 3.05) is 0 Å². The molecular formula is C18H28. The average Bonchev–Trinajstić information content (AvgIpc) is 2.42. The molecule has 0 saturated carbocycles. The van der Waals surface area contributed by atoms with Crippen molar-refractivity contribution in [3.05, 3.63) is 41.0 Å². The van der Waals surface area contributed by atoms with Crippen LogP contribution in [-0.4, -0.2) is 0 Å². The second-order valence-electron chi connectivity index (χ2n) is 5.17.